The number of nitrogens with zero attached hydrogens (tertiary/aromatic N) is 2. The average Bonchev–Trinajstić information content (AvgIpc) is 2.49. The van der Waals surface area contributed by atoms with E-state index in [1.807, 2.05) is 24.3 Å². The molecule has 106 valence electrons. The van der Waals surface area contributed by atoms with E-state index < -0.39 is 0 Å². The molecule has 0 aliphatic heterocycles. The monoisotopic (exact) mass is 406 g/mol. The second-order valence-electron chi connectivity index (χ2n) is 4.60. The first-order chi connectivity index (χ1) is 10.0. The van der Waals surface area contributed by atoms with Gasteiger partial charge in [-0.05, 0) is 51.8 Å². The van der Waals surface area contributed by atoms with Crippen molar-refractivity contribution < 1.29 is 4.79 Å². The van der Waals surface area contributed by atoms with Gasteiger partial charge in [-0.1, -0.05) is 28.1 Å². The van der Waals surface area contributed by atoms with Crippen molar-refractivity contribution in [1.29, 1.82) is 5.26 Å². The molecular weight excluding hydrogens is 396 g/mol. The lowest BCUT2D eigenvalue weighted by Crippen LogP contribution is -2.26. The van der Waals surface area contributed by atoms with E-state index in [1.165, 1.54) is 0 Å². The van der Waals surface area contributed by atoms with Gasteiger partial charge in [0.15, 0.2) is 0 Å². The fraction of sp³-hybridized carbons (Fsp3) is 0.125. The summed E-state index contributed by atoms with van der Waals surface area (Å²) in [6.07, 6.45) is 0. The first-order valence-corrected chi connectivity index (χ1v) is 7.79. The molecule has 0 fully saturated rings. The quantitative estimate of drug-likeness (QED) is 0.758. The molecule has 0 saturated heterocycles. The van der Waals surface area contributed by atoms with Crippen molar-refractivity contribution in [2.75, 3.05) is 7.05 Å². The molecule has 0 aromatic heterocycles. The van der Waals surface area contributed by atoms with Crippen molar-refractivity contribution in [2.24, 2.45) is 0 Å². The highest BCUT2D eigenvalue weighted by Crippen LogP contribution is 2.23. The number of carbonyl (C=O) groups excluding carboxylic acids is 1. The van der Waals surface area contributed by atoms with Crippen molar-refractivity contribution in [1.82, 2.24) is 4.90 Å². The molecular formula is C16H12Br2N2O. The summed E-state index contributed by atoms with van der Waals surface area (Å²) >= 11 is 6.77. The van der Waals surface area contributed by atoms with Gasteiger partial charge in [0.05, 0.1) is 17.2 Å². The van der Waals surface area contributed by atoms with Crippen molar-refractivity contribution in [2.45, 2.75) is 6.54 Å². The molecule has 2 rings (SSSR count). The van der Waals surface area contributed by atoms with Crippen LogP contribution >= 0.6 is 31.9 Å². The molecule has 1 amide bonds. The summed E-state index contributed by atoms with van der Waals surface area (Å²) in [5.74, 6) is -0.0782. The molecule has 0 heterocycles. The molecule has 0 N–H and O–H groups in total. The van der Waals surface area contributed by atoms with Crippen LogP contribution in [0.25, 0.3) is 0 Å². The average molecular weight is 408 g/mol. The number of hydrogen-bond donors (Lipinski definition) is 0. The maximum absolute atomic E-state index is 12.5. The number of amides is 1. The Kier molecular flexibility index (Phi) is 5.16. The third-order valence-electron chi connectivity index (χ3n) is 2.98. The topological polar surface area (TPSA) is 44.1 Å². The van der Waals surface area contributed by atoms with Crippen LogP contribution in [0.5, 0.6) is 0 Å². The van der Waals surface area contributed by atoms with Gasteiger partial charge in [-0.2, -0.15) is 5.26 Å². The van der Waals surface area contributed by atoms with Crippen molar-refractivity contribution in [3.05, 3.63) is 68.1 Å². The van der Waals surface area contributed by atoms with Crippen LogP contribution in [-0.2, 0) is 6.54 Å². The molecule has 0 radical (unpaired) electrons. The molecule has 5 heteroatoms. The molecule has 0 saturated carbocycles. The zero-order valence-electron chi connectivity index (χ0n) is 11.3. The lowest BCUT2D eigenvalue weighted by atomic mass is 10.1. The molecule has 2 aromatic rings. The molecule has 0 unspecified atom stereocenters. The van der Waals surface area contributed by atoms with Gasteiger partial charge in [-0.3, -0.25) is 4.79 Å². The van der Waals surface area contributed by atoms with Crippen LogP contribution in [0.3, 0.4) is 0 Å². The van der Waals surface area contributed by atoms with E-state index in [9.17, 15) is 4.79 Å². The predicted molar refractivity (Wildman–Crippen MR) is 88.8 cm³/mol. The number of carbonyl (C=O) groups is 1. The Morgan fingerprint density at radius 3 is 2.71 bits per heavy atom. The lowest BCUT2D eigenvalue weighted by Gasteiger charge is -2.18. The van der Waals surface area contributed by atoms with Gasteiger partial charge in [0.1, 0.15) is 0 Å². The number of benzene rings is 2. The van der Waals surface area contributed by atoms with E-state index in [0.717, 1.165) is 14.5 Å². The zero-order valence-corrected chi connectivity index (χ0v) is 14.5. The van der Waals surface area contributed by atoms with Crippen molar-refractivity contribution in [3.63, 3.8) is 0 Å². The molecule has 2 aromatic carbocycles. The lowest BCUT2D eigenvalue weighted by molar-refractivity contribution is 0.0784. The van der Waals surface area contributed by atoms with Gasteiger partial charge in [0.25, 0.3) is 5.91 Å². The first kappa shape index (κ1) is 15.7. The molecule has 0 aliphatic carbocycles. The van der Waals surface area contributed by atoms with Crippen LogP contribution in [0.1, 0.15) is 21.5 Å². The van der Waals surface area contributed by atoms with E-state index in [0.29, 0.717) is 17.7 Å². The first-order valence-electron chi connectivity index (χ1n) is 6.21. The minimum Gasteiger partial charge on any atom is -0.337 e. The number of rotatable bonds is 3. The predicted octanol–water partition coefficient (Wildman–Crippen LogP) is 4.36. The fourth-order valence-electron chi connectivity index (χ4n) is 1.95. The summed E-state index contributed by atoms with van der Waals surface area (Å²) in [6, 6.07) is 14.9. The maximum Gasteiger partial charge on any atom is 0.255 e. The van der Waals surface area contributed by atoms with E-state index in [-0.39, 0.29) is 5.91 Å². The SMILES string of the molecule is CN(Cc1cccc(C#N)c1)C(=O)c1cc(Br)ccc1Br. The van der Waals surface area contributed by atoms with Gasteiger partial charge in [-0.25, -0.2) is 0 Å². The standard InChI is InChI=1S/C16H12Br2N2O/c1-20(10-12-4-2-3-11(7-12)9-19)16(21)14-8-13(17)5-6-15(14)18/h2-8H,10H2,1H3. The Morgan fingerprint density at radius 2 is 2.00 bits per heavy atom. The van der Waals surface area contributed by atoms with Crippen LogP contribution in [0.15, 0.2) is 51.4 Å². The summed E-state index contributed by atoms with van der Waals surface area (Å²) in [4.78, 5) is 14.1. The Hall–Kier alpha value is -1.64. The number of nitriles is 1. The summed E-state index contributed by atoms with van der Waals surface area (Å²) in [6.45, 7) is 0.452. The molecule has 0 bridgehead atoms. The third-order valence-corrected chi connectivity index (χ3v) is 4.17. The highest BCUT2D eigenvalue weighted by molar-refractivity contribution is 9.11. The van der Waals surface area contributed by atoms with Gasteiger partial charge in [-0.15, -0.1) is 0 Å². The molecule has 0 aliphatic rings. The van der Waals surface area contributed by atoms with Crippen LogP contribution in [0.4, 0.5) is 0 Å². The van der Waals surface area contributed by atoms with E-state index >= 15 is 0 Å². The second kappa shape index (κ2) is 6.88. The molecule has 3 nitrogen and oxygen atoms in total. The third kappa shape index (κ3) is 3.93. The van der Waals surface area contributed by atoms with E-state index in [2.05, 4.69) is 37.9 Å². The van der Waals surface area contributed by atoms with Gasteiger partial charge in [0, 0.05) is 22.5 Å². The summed E-state index contributed by atoms with van der Waals surface area (Å²) < 4.78 is 1.61. The Labute approximate surface area is 140 Å². The number of halogens is 2. The minimum atomic E-state index is -0.0782. The summed E-state index contributed by atoms with van der Waals surface area (Å²) in [5, 5.41) is 8.91. The minimum absolute atomic E-state index is 0.0782. The van der Waals surface area contributed by atoms with Crippen LogP contribution < -0.4 is 0 Å². The Balaban J connectivity index is 2.19. The summed E-state index contributed by atoms with van der Waals surface area (Å²) in [7, 11) is 1.74. The number of hydrogen-bond acceptors (Lipinski definition) is 2. The second-order valence-corrected chi connectivity index (χ2v) is 6.37. The summed E-state index contributed by atoms with van der Waals surface area (Å²) in [5.41, 5.74) is 2.12. The van der Waals surface area contributed by atoms with Crippen LogP contribution in [-0.4, -0.2) is 17.9 Å². The van der Waals surface area contributed by atoms with Crippen LogP contribution in [0, 0.1) is 11.3 Å². The van der Waals surface area contributed by atoms with Crippen molar-refractivity contribution >= 4 is 37.8 Å². The van der Waals surface area contributed by atoms with E-state index in [1.54, 1.807) is 30.1 Å². The van der Waals surface area contributed by atoms with Crippen LogP contribution in [0.2, 0.25) is 0 Å². The van der Waals surface area contributed by atoms with Gasteiger partial charge >= 0.3 is 0 Å². The molecule has 21 heavy (non-hydrogen) atoms. The highest BCUT2D eigenvalue weighted by Gasteiger charge is 2.15. The maximum atomic E-state index is 12.5. The van der Waals surface area contributed by atoms with E-state index in [4.69, 9.17) is 5.26 Å². The molecule has 0 spiro atoms. The highest BCUT2D eigenvalue weighted by atomic mass is 79.9. The fourth-order valence-corrected chi connectivity index (χ4v) is 2.73. The smallest absolute Gasteiger partial charge is 0.255 e. The largest absolute Gasteiger partial charge is 0.337 e. The van der Waals surface area contributed by atoms with Gasteiger partial charge in [0.2, 0.25) is 0 Å². The Bertz CT molecular complexity index is 722. The van der Waals surface area contributed by atoms with Gasteiger partial charge < -0.3 is 4.90 Å². The normalized spacial score (nSPS) is 10.0. The Morgan fingerprint density at radius 1 is 1.24 bits per heavy atom. The molecule has 0 atom stereocenters. The van der Waals surface area contributed by atoms with Crippen molar-refractivity contribution in [3.8, 4) is 6.07 Å². The zero-order chi connectivity index (χ0) is 15.4.